The van der Waals surface area contributed by atoms with Gasteiger partial charge in [-0.1, -0.05) is 43.0 Å². The first kappa shape index (κ1) is 19.5. The van der Waals surface area contributed by atoms with Gasteiger partial charge in [0.2, 0.25) is 5.91 Å². The number of anilines is 2. The molecule has 0 radical (unpaired) electrons. The van der Waals surface area contributed by atoms with Crippen molar-refractivity contribution in [3.8, 4) is 0 Å². The highest BCUT2D eigenvalue weighted by molar-refractivity contribution is 6.01. The number of aromatic nitrogens is 5. The summed E-state index contributed by atoms with van der Waals surface area (Å²) >= 11 is 0. The molecule has 3 heterocycles. The van der Waals surface area contributed by atoms with Crippen molar-refractivity contribution in [2.24, 2.45) is 0 Å². The first-order chi connectivity index (χ1) is 15.7. The number of rotatable bonds is 6. The lowest BCUT2D eigenvalue weighted by molar-refractivity contribution is -0.114. The summed E-state index contributed by atoms with van der Waals surface area (Å²) in [7, 11) is 0. The number of fused-ring (bicyclic) bond motifs is 2. The van der Waals surface area contributed by atoms with E-state index in [9.17, 15) is 4.79 Å². The van der Waals surface area contributed by atoms with E-state index >= 15 is 0 Å². The molecule has 0 saturated carbocycles. The fourth-order valence-corrected chi connectivity index (χ4v) is 3.87. The van der Waals surface area contributed by atoms with Gasteiger partial charge in [0.05, 0.1) is 11.2 Å². The highest BCUT2D eigenvalue weighted by Crippen LogP contribution is 2.24. The van der Waals surface area contributed by atoms with Crippen molar-refractivity contribution in [3.63, 3.8) is 0 Å². The predicted octanol–water partition coefficient (Wildman–Crippen LogP) is 3.44. The van der Waals surface area contributed by atoms with E-state index in [4.69, 9.17) is 10.8 Å². The number of nitrogens with two attached hydrogens (primary N) is 1. The molecule has 8 heteroatoms. The summed E-state index contributed by atoms with van der Waals surface area (Å²) in [5, 5.41) is 5.91. The van der Waals surface area contributed by atoms with Gasteiger partial charge in [-0.3, -0.25) is 4.79 Å². The molecule has 0 fully saturated rings. The van der Waals surface area contributed by atoms with Crippen molar-refractivity contribution in [2.75, 3.05) is 17.2 Å². The lowest BCUT2D eigenvalue weighted by Crippen LogP contribution is -2.31. The summed E-state index contributed by atoms with van der Waals surface area (Å²) in [5.41, 5.74) is 10.0. The Labute approximate surface area is 184 Å². The minimum atomic E-state index is -0.175. The van der Waals surface area contributed by atoms with Crippen molar-refractivity contribution in [1.29, 1.82) is 0 Å². The number of benzene rings is 2. The van der Waals surface area contributed by atoms with E-state index in [2.05, 4.69) is 16.5 Å². The molecule has 0 aliphatic heterocycles. The summed E-state index contributed by atoms with van der Waals surface area (Å²) < 4.78 is 1.92. The van der Waals surface area contributed by atoms with Crippen LogP contribution in [0.2, 0.25) is 0 Å². The van der Waals surface area contributed by atoms with E-state index in [-0.39, 0.29) is 5.91 Å². The lowest BCUT2D eigenvalue weighted by atomic mass is 10.2. The highest BCUT2D eigenvalue weighted by Gasteiger charge is 2.20. The van der Waals surface area contributed by atoms with Crippen LogP contribution in [-0.2, 0) is 11.2 Å². The summed E-state index contributed by atoms with van der Waals surface area (Å²) in [6.07, 6.45) is 5.17. The zero-order chi connectivity index (χ0) is 22.1. The Morgan fingerprint density at radius 2 is 1.84 bits per heavy atom. The van der Waals surface area contributed by atoms with E-state index in [0.29, 0.717) is 29.8 Å². The largest absolute Gasteiger partial charge is 0.382 e. The van der Waals surface area contributed by atoms with Crippen LogP contribution in [0.4, 0.5) is 11.5 Å². The Morgan fingerprint density at radius 3 is 2.66 bits per heavy atom. The maximum absolute atomic E-state index is 12.5. The maximum Gasteiger partial charge on any atom is 0.250 e. The molecule has 1 amide bonds. The molecule has 158 valence electrons. The summed E-state index contributed by atoms with van der Waals surface area (Å²) in [6, 6.07) is 19.5. The van der Waals surface area contributed by atoms with Crippen LogP contribution in [0.3, 0.4) is 0 Å². The van der Waals surface area contributed by atoms with E-state index in [1.54, 1.807) is 9.69 Å². The van der Waals surface area contributed by atoms with Crippen LogP contribution >= 0.6 is 0 Å². The second kappa shape index (κ2) is 7.99. The standard InChI is InChI=1S/C24H21N7O/c1-2-21(32)29(18-9-4-3-5-10-18)14-13-19-22-23(24(25)27-16-26-22)31(28-19)30-15-12-17-8-6-7-11-20(17)30/h2-12,15-16H,1,13-14H2,(H2,25,26,27). The average Bonchev–Trinajstić information content (AvgIpc) is 3.42. The topological polar surface area (TPSA) is 94.9 Å². The van der Waals surface area contributed by atoms with Gasteiger partial charge in [-0.2, -0.15) is 9.89 Å². The highest BCUT2D eigenvalue weighted by atomic mass is 16.2. The Hall–Kier alpha value is -4.46. The third-order valence-corrected chi connectivity index (χ3v) is 5.40. The Balaban J connectivity index is 1.57. The van der Waals surface area contributed by atoms with Crippen molar-refractivity contribution in [3.05, 3.63) is 91.5 Å². The van der Waals surface area contributed by atoms with Gasteiger partial charge in [-0.25, -0.2) is 14.6 Å². The molecule has 2 N–H and O–H groups in total. The SMILES string of the molecule is C=CC(=O)N(CCc1nn(-n2ccc3ccccc32)c2c(N)ncnc12)c1ccccc1. The van der Waals surface area contributed by atoms with Crippen molar-refractivity contribution in [1.82, 2.24) is 24.5 Å². The second-order valence-corrected chi connectivity index (χ2v) is 7.29. The fourth-order valence-electron chi connectivity index (χ4n) is 3.87. The summed E-state index contributed by atoms with van der Waals surface area (Å²) in [6.45, 7) is 4.05. The smallest absolute Gasteiger partial charge is 0.250 e. The summed E-state index contributed by atoms with van der Waals surface area (Å²) in [5.74, 6) is 0.166. The molecule has 32 heavy (non-hydrogen) atoms. The molecule has 8 nitrogen and oxygen atoms in total. The van der Waals surface area contributed by atoms with Gasteiger partial charge in [-0.05, 0) is 30.3 Å². The first-order valence-corrected chi connectivity index (χ1v) is 10.2. The molecule has 0 aliphatic rings. The number of carbonyl (C=O) groups is 1. The molecule has 2 aromatic carbocycles. The minimum Gasteiger partial charge on any atom is -0.382 e. The molecule has 0 atom stereocenters. The third kappa shape index (κ3) is 3.27. The molecule has 5 rings (SSSR count). The van der Waals surface area contributed by atoms with Gasteiger partial charge in [0.25, 0.3) is 0 Å². The zero-order valence-electron chi connectivity index (χ0n) is 17.3. The van der Waals surface area contributed by atoms with Gasteiger partial charge >= 0.3 is 0 Å². The predicted molar refractivity (Wildman–Crippen MR) is 125 cm³/mol. The Morgan fingerprint density at radius 1 is 1.06 bits per heavy atom. The number of amides is 1. The van der Waals surface area contributed by atoms with Gasteiger partial charge < -0.3 is 10.6 Å². The van der Waals surface area contributed by atoms with Crippen LogP contribution < -0.4 is 10.6 Å². The van der Waals surface area contributed by atoms with E-state index in [1.165, 1.54) is 12.4 Å². The number of hydrogen-bond donors (Lipinski definition) is 1. The van der Waals surface area contributed by atoms with Gasteiger partial charge in [0.1, 0.15) is 11.8 Å². The monoisotopic (exact) mass is 423 g/mol. The molecule has 0 bridgehead atoms. The number of hydrogen-bond acceptors (Lipinski definition) is 5. The van der Waals surface area contributed by atoms with E-state index in [0.717, 1.165) is 22.3 Å². The quantitative estimate of drug-likeness (QED) is 0.422. The minimum absolute atomic E-state index is 0.175. The molecule has 3 aromatic heterocycles. The van der Waals surface area contributed by atoms with Crippen LogP contribution in [0.15, 0.2) is 85.8 Å². The number of para-hydroxylation sites is 2. The van der Waals surface area contributed by atoms with Crippen LogP contribution in [0, 0.1) is 0 Å². The van der Waals surface area contributed by atoms with Gasteiger partial charge in [0.15, 0.2) is 11.3 Å². The Bertz CT molecular complexity index is 1440. The molecule has 0 spiro atoms. The van der Waals surface area contributed by atoms with Gasteiger partial charge in [0, 0.05) is 30.2 Å². The molecular weight excluding hydrogens is 402 g/mol. The molecule has 5 aromatic rings. The maximum atomic E-state index is 12.5. The van der Waals surface area contributed by atoms with Crippen molar-refractivity contribution >= 4 is 39.3 Å². The van der Waals surface area contributed by atoms with Crippen LogP contribution in [-0.4, -0.2) is 37.0 Å². The zero-order valence-corrected chi connectivity index (χ0v) is 17.3. The van der Waals surface area contributed by atoms with Crippen LogP contribution in [0.1, 0.15) is 5.69 Å². The average molecular weight is 423 g/mol. The Kier molecular flexibility index (Phi) is 4.87. The second-order valence-electron chi connectivity index (χ2n) is 7.29. The van der Waals surface area contributed by atoms with Gasteiger partial charge in [-0.15, -0.1) is 0 Å². The van der Waals surface area contributed by atoms with E-state index in [1.807, 2.05) is 71.5 Å². The lowest BCUT2D eigenvalue weighted by Gasteiger charge is -2.20. The molecule has 0 saturated heterocycles. The van der Waals surface area contributed by atoms with Crippen molar-refractivity contribution in [2.45, 2.75) is 6.42 Å². The molecule has 0 aliphatic carbocycles. The normalized spacial score (nSPS) is 11.1. The fraction of sp³-hybridized carbons (Fsp3) is 0.0833. The first-order valence-electron chi connectivity index (χ1n) is 10.2. The van der Waals surface area contributed by atoms with E-state index < -0.39 is 0 Å². The number of nitrogens with zero attached hydrogens (tertiary/aromatic N) is 6. The van der Waals surface area contributed by atoms with Crippen LogP contribution in [0.5, 0.6) is 0 Å². The van der Waals surface area contributed by atoms with Crippen molar-refractivity contribution < 1.29 is 4.79 Å². The number of nitrogen functional groups attached to an aromatic ring is 1. The third-order valence-electron chi connectivity index (χ3n) is 5.40. The number of carbonyl (C=O) groups excluding carboxylic acids is 1. The van der Waals surface area contributed by atoms with Crippen LogP contribution in [0.25, 0.3) is 21.9 Å². The molecule has 0 unspecified atom stereocenters. The summed E-state index contributed by atoms with van der Waals surface area (Å²) in [4.78, 5) is 24.6. The molecular formula is C24H21N7O.